The van der Waals surface area contributed by atoms with Gasteiger partial charge in [-0.3, -0.25) is 0 Å². The molecule has 2 aliphatic carbocycles. The lowest BCUT2D eigenvalue weighted by Crippen LogP contribution is -2.39. The van der Waals surface area contributed by atoms with Crippen LogP contribution >= 0.6 is 0 Å². The third kappa shape index (κ3) is 1.94. The zero-order valence-corrected chi connectivity index (χ0v) is 11.8. The highest BCUT2D eigenvalue weighted by Crippen LogP contribution is 2.49. The van der Waals surface area contributed by atoms with E-state index >= 15 is 0 Å². The summed E-state index contributed by atoms with van der Waals surface area (Å²) in [5.74, 6) is 2.79. The van der Waals surface area contributed by atoms with Crippen LogP contribution in [0, 0.1) is 17.3 Å². The highest BCUT2D eigenvalue weighted by atomic mass is 16.5. The first-order chi connectivity index (χ1) is 8.60. The van der Waals surface area contributed by atoms with Crippen molar-refractivity contribution in [3.8, 4) is 5.75 Å². The number of rotatable bonds is 1. The maximum Gasteiger partial charge on any atom is 0.119 e. The quantitative estimate of drug-likeness (QED) is 0.718. The average Bonchev–Trinajstić information content (AvgIpc) is 2.36. The van der Waals surface area contributed by atoms with Crippen molar-refractivity contribution in [1.29, 1.82) is 0 Å². The van der Waals surface area contributed by atoms with Crippen LogP contribution in [0.2, 0.25) is 0 Å². The molecule has 0 saturated heterocycles. The minimum Gasteiger partial charge on any atom is -0.497 e. The Hall–Kier alpha value is -0.980. The summed E-state index contributed by atoms with van der Waals surface area (Å²) in [6.07, 6.45) is 6.77. The Balaban J connectivity index is 1.93. The van der Waals surface area contributed by atoms with Crippen molar-refractivity contribution in [2.75, 3.05) is 7.11 Å². The van der Waals surface area contributed by atoms with Gasteiger partial charge in [-0.1, -0.05) is 26.3 Å². The average molecular weight is 244 g/mol. The van der Waals surface area contributed by atoms with Crippen LogP contribution in [-0.4, -0.2) is 7.11 Å². The molecule has 0 unspecified atom stereocenters. The number of hydrogen-bond donors (Lipinski definition) is 0. The minimum atomic E-state index is 0.528. The van der Waals surface area contributed by atoms with Crippen molar-refractivity contribution in [1.82, 2.24) is 0 Å². The molecule has 3 rings (SSSR count). The van der Waals surface area contributed by atoms with E-state index in [0.717, 1.165) is 17.6 Å². The van der Waals surface area contributed by atoms with Gasteiger partial charge in [-0.05, 0) is 66.2 Å². The lowest BCUT2D eigenvalue weighted by molar-refractivity contribution is 0.0669. The third-order valence-electron chi connectivity index (χ3n) is 5.30. The summed E-state index contributed by atoms with van der Waals surface area (Å²) in [5.41, 5.74) is 3.63. The summed E-state index contributed by atoms with van der Waals surface area (Å²) >= 11 is 0. The Kier molecular flexibility index (Phi) is 2.88. The predicted octanol–water partition coefficient (Wildman–Crippen LogP) is 4.24. The summed E-state index contributed by atoms with van der Waals surface area (Å²) in [7, 11) is 1.76. The molecule has 0 heterocycles. The fraction of sp³-hybridized carbons (Fsp3) is 0.647. The molecule has 0 spiro atoms. The van der Waals surface area contributed by atoms with E-state index in [-0.39, 0.29) is 0 Å². The molecule has 1 nitrogen and oxygen atoms in total. The maximum absolute atomic E-state index is 5.36. The molecule has 98 valence electrons. The SMILES string of the molecule is COc1ccc2c(c1)C[C@@H]1CCCC(C)(C)[C@H]1C2. The molecule has 2 atom stereocenters. The van der Waals surface area contributed by atoms with Crippen molar-refractivity contribution in [3.63, 3.8) is 0 Å². The highest BCUT2D eigenvalue weighted by molar-refractivity contribution is 5.38. The zero-order valence-electron chi connectivity index (χ0n) is 11.8. The van der Waals surface area contributed by atoms with Crippen LogP contribution in [0.5, 0.6) is 5.75 Å². The number of methoxy groups -OCH3 is 1. The third-order valence-corrected chi connectivity index (χ3v) is 5.30. The Morgan fingerprint density at radius 3 is 2.78 bits per heavy atom. The smallest absolute Gasteiger partial charge is 0.119 e. The molecular weight excluding hydrogens is 220 g/mol. The minimum absolute atomic E-state index is 0.528. The summed E-state index contributed by atoms with van der Waals surface area (Å²) in [6, 6.07) is 6.66. The molecule has 1 heteroatoms. The first-order valence-corrected chi connectivity index (χ1v) is 7.26. The van der Waals surface area contributed by atoms with E-state index < -0.39 is 0 Å². The van der Waals surface area contributed by atoms with Gasteiger partial charge in [0.1, 0.15) is 5.75 Å². The van der Waals surface area contributed by atoms with E-state index in [1.54, 1.807) is 12.7 Å². The molecule has 1 aromatic rings. The van der Waals surface area contributed by atoms with Crippen molar-refractivity contribution in [2.45, 2.75) is 46.0 Å². The maximum atomic E-state index is 5.36. The van der Waals surface area contributed by atoms with Crippen molar-refractivity contribution >= 4 is 0 Å². The Morgan fingerprint density at radius 1 is 1.17 bits per heavy atom. The van der Waals surface area contributed by atoms with Gasteiger partial charge in [-0.2, -0.15) is 0 Å². The lowest BCUT2D eigenvalue weighted by Gasteiger charge is -2.47. The van der Waals surface area contributed by atoms with Crippen LogP contribution in [-0.2, 0) is 12.8 Å². The summed E-state index contributed by atoms with van der Waals surface area (Å²) in [4.78, 5) is 0. The van der Waals surface area contributed by atoms with Crippen molar-refractivity contribution < 1.29 is 4.74 Å². The topological polar surface area (TPSA) is 9.23 Å². The van der Waals surface area contributed by atoms with Crippen LogP contribution in [0.4, 0.5) is 0 Å². The van der Waals surface area contributed by atoms with Crippen LogP contribution in [0.15, 0.2) is 18.2 Å². The van der Waals surface area contributed by atoms with Crippen LogP contribution < -0.4 is 4.74 Å². The van der Waals surface area contributed by atoms with Gasteiger partial charge in [-0.15, -0.1) is 0 Å². The molecular formula is C17H24O. The number of benzene rings is 1. The van der Waals surface area contributed by atoms with E-state index in [2.05, 4.69) is 32.0 Å². The lowest BCUT2D eigenvalue weighted by atomic mass is 9.58. The standard InChI is InChI=1S/C17H24O/c1-17(2)8-4-5-13-9-14-10-15(18-3)7-6-12(14)11-16(13)17/h6-7,10,13,16H,4-5,8-9,11H2,1-3H3/t13-,16-/m0/s1. The Bertz CT molecular complexity index is 447. The van der Waals surface area contributed by atoms with Crippen molar-refractivity contribution in [3.05, 3.63) is 29.3 Å². The largest absolute Gasteiger partial charge is 0.497 e. The van der Waals surface area contributed by atoms with E-state index in [9.17, 15) is 0 Å². The summed E-state index contributed by atoms with van der Waals surface area (Å²) < 4.78 is 5.36. The molecule has 0 aliphatic heterocycles. The van der Waals surface area contributed by atoms with Crippen LogP contribution in [0.1, 0.15) is 44.2 Å². The first-order valence-electron chi connectivity index (χ1n) is 7.26. The second-order valence-corrected chi connectivity index (χ2v) is 6.79. The summed E-state index contributed by atoms with van der Waals surface area (Å²) in [6.45, 7) is 4.94. The van der Waals surface area contributed by atoms with Crippen molar-refractivity contribution in [2.24, 2.45) is 17.3 Å². The highest BCUT2D eigenvalue weighted by Gasteiger charge is 2.41. The zero-order chi connectivity index (χ0) is 12.8. The van der Waals surface area contributed by atoms with E-state index in [0.29, 0.717) is 5.41 Å². The van der Waals surface area contributed by atoms with Crippen LogP contribution in [0.25, 0.3) is 0 Å². The normalized spacial score (nSPS) is 29.3. The number of hydrogen-bond acceptors (Lipinski definition) is 1. The predicted molar refractivity (Wildman–Crippen MR) is 75.0 cm³/mol. The molecule has 2 aliphatic rings. The molecule has 0 aromatic heterocycles. The van der Waals surface area contributed by atoms with Crippen LogP contribution in [0.3, 0.4) is 0 Å². The fourth-order valence-corrected chi connectivity index (χ4v) is 4.17. The first kappa shape index (κ1) is 12.1. The van der Waals surface area contributed by atoms with Gasteiger partial charge in [-0.25, -0.2) is 0 Å². The molecule has 1 saturated carbocycles. The van der Waals surface area contributed by atoms with Gasteiger partial charge in [0.2, 0.25) is 0 Å². The van der Waals surface area contributed by atoms with Gasteiger partial charge >= 0.3 is 0 Å². The molecule has 0 bridgehead atoms. The number of fused-ring (bicyclic) bond motifs is 2. The van der Waals surface area contributed by atoms with Gasteiger partial charge in [0.25, 0.3) is 0 Å². The van der Waals surface area contributed by atoms with Gasteiger partial charge in [0.15, 0.2) is 0 Å². The molecule has 0 N–H and O–H groups in total. The molecule has 1 fully saturated rings. The second-order valence-electron chi connectivity index (χ2n) is 6.79. The van der Waals surface area contributed by atoms with E-state index in [1.807, 2.05) is 0 Å². The number of ether oxygens (including phenoxy) is 1. The monoisotopic (exact) mass is 244 g/mol. The molecule has 0 amide bonds. The molecule has 0 radical (unpaired) electrons. The molecule has 1 aromatic carbocycles. The van der Waals surface area contributed by atoms with Gasteiger partial charge < -0.3 is 4.74 Å². The van der Waals surface area contributed by atoms with Gasteiger partial charge in [0, 0.05) is 0 Å². The Morgan fingerprint density at radius 2 is 2.00 bits per heavy atom. The van der Waals surface area contributed by atoms with E-state index in [1.165, 1.54) is 37.7 Å². The van der Waals surface area contributed by atoms with E-state index in [4.69, 9.17) is 4.74 Å². The molecule has 18 heavy (non-hydrogen) atoms. The van der Waals surface area contributed by atoms with Gasteiger partial charge in [0.05, 0.1) is 7.11 Å². The Labute approximate surface area is 111 Å². The fourth-order valence-electron chi connectivity index (χ4n) is 4.17. The second kappa shape index (κ2) is 4.29. The summed E-state index contributed by atoms with van der Waals surface area (Å²) in [5, 5.41) is 0.